The van der Waals surface area contributed by atoms with Crippen LogP contribution in [0, 0.1) is 5.92 Å². The first kappa shape index (κ1) is 24.3. The lowest BCUT2D eigenvalue weighted by molar-refractivity contribution is 0.0375. The second-order valence-electron chi connectivity index (χ2n) is 9.70. The highest BCUT2D eigenvalue weighted by atomic mass is 35.5. The van der Waals surface area contributed by atoms with E-state index in [2.05, 4.69) is 0 Å². The Morgan fingerprint density at radius 2 is 1.89 bits per heavy atom. The zero-order valence-corrected chi connectivity index (χ0v) is 21.3. The fraction of sp³-hybridized carbons (Fsp3) is 0.520. The van der Waals surface area contributed by atoms with Crippen molar-refractivity contribution in [3.8, 4) is 17.0 Å². The van der Waals surface area contributed by atoms with Crippen LogP contribution in [0.15, 0.2) is 27.9 Å². The van der Waals surface area contributed by atoms with Crippen molar-refractivity contribution in [2.45, 2.75) is 62.3 Å². The van der Waals surface area contributed by atoms with Gasteiger partial charge in [0.2, 0.25) is 0 Å². The maximum absolute atomic E-state index is 13.4. The van der Waals surface area contributed by atoms with E-state index in [1.165, 1.54) is 12.1 Å². The highest BCUT2D eigenvalue weighted by Gasteiger charge is 2.38. The molecule has 0 atom stereocenters. The SMILES string of the molecule is CC(C)OC(=O)c1cc2c(n(C3CC3)c1=O)-c1cc(Cl)c(OCC3CCOCC3)cc1S(=O)(=O)C2. The summed E-state index contributed by atoms with van der Waals surface area (Å²) in [5.41, 5.74) is 0.638. The minimum absolute atomic E-state index is 0.0858. The number of benzene rings is 1. The van der Waals surface area contributed by atoms with E-state index in [-0.39, 0.29) is 27.3 Å². The molecule has 10 heteroatoms. The maximum atomic E-state index is 13.4. The minimum Gasteiger partial charge on any atom is -0.492 e. The summed E-state index contributed by atoms with van der Waals surface area (Å²) in [6, 6.07) is 4.30. The molecule has 1 aromatic heterocycles. The van der Waals surface area contributed by atoms with Crippen LogP contribution in [0.4, 0.5) is 0 Å². The molecule has 0 radical (unpaired) electrons. The van der Waals surface area contributed by atoms with Gasteiger partial charge in [0.1, 0.15) is 11.3 Å². The number of pyridine rings is 1. The van der Waals surface area contributed by atoms with Gasteiger partial charge in [-0.3, -0.25) is 4.79 Å². The van der Waals surface area contributed by atoms with Crippen LogP contribution >= 0.6 is 11.6 Å². The number of aromatic nitrogens is 1. The zero-order chi connectivity index (χ0) is 24.9. The molecule has 5 rings (SSSR count). The summed E-state index contributed by atoms with van der Waals surface area (Å²) in [5.74, 6) is -0.454. The number of ether oxygens (including phenoxy) is 3. The summed E-state index contributed by atoms with van der Waals surface area (Å²) < 4.78 is 44.8. The fourth-order valence-electron chi connectivity index (χ4n) is 4.70. The molecule has 2 aliphatic heterocycles. The van der Waals surface area contributed by atoms with Crippen molar-refractivity contribution in [1.29, 1.82) is 0 Å². The van der Waals surface area contributed by atoms with Crippen molar-refractivity contribution in [2.75, 3.05) is 19.8 Å². The number of hydrogen-bond acceptors (Lipinski definition) is 7. The van der Waals surface area contributed by atoms with Crippen molar-refractivity contribution in [1.82, 2.24) is 4.57 Å². The average Bonchev–Trinajstić information content (AvgIpc) is 3.63. The smallest absolute Gasteiger partial charge is 0.344 e. The molecule has 35 heavy (non-hydrogen) atoms. The van der Waals surface area contributed by atoms with Crippen molar-refractivity contribution in [3.05, 3.63) is 44.7 Å². The van der Waals surface area contributed by atoms with E-state index in [1.54, 1.807) is 24.5 Å². The van der Waals surface area contributed by atoms with Crippen molar-refractivity contribution < 1.29 is 27.4 Å². The number of halogens is 1. The lowest BCUT2D eigenvalue weighted by Crippen LogP contribution is -2.32. The van der Waals surface area contributed by atoms with E-state index in [0.717, 1.165) is 25.7 Å². The summed E-state index contributed by atoms with van der Waals surface area (Å²) in [6.45, 7) is 5.18. The molecule has 2 aromatic rings. The highest BCUT2D eigenvalue weighted by molar-refractivity contribution is 7.90. The molecule has 3 heterocycles. The largest absolute Gasteiger partial charge is 0.492 e. The van der Waals surface area contributed by atoms with Crippen LogP contribution in [-0.4, -0.2) is 44.9 Å². The van der Waals surface area contributed by atoms with E-state index >= 15 is 0 Å². The molecule has 1 aromatic carbocycles. The Morgan fingerprint density at radius 3 is 2.54 bits per heavy atom. The predicted molar refractivity (Wildman–Crippen MR) is 130 cm³/mol. The van der Waals surface area contributed by atoms with Gasteiger partial charge in [0.15, 0.2) is 9.84 Å². The third kappa shape index (κ3) is 4.73. The van der Waals surface area contributed by atoms with Gasteiger partial charge in [0, 0.05) is 30.9 Å². The van der Waals surface area contributed by atoms with Crippen molar-refractivity contribution in [3.63, 3.8) is 0 Å². The van der Waals surface area contributed by atoms with Gasteiger partial charge < -0.3 is 18.8 Å². The first-order chi connectivity index (χ1) is 16.7. The Hall–Kier alpha value is -2.36. The molecule has 1 saturated carbocycles. The number of fused-ring (bicyclic) bond motifs is 3. The Bertz CT molecular complexity index is 1340. The van der Waals surface area contributed by atoms with Gasteiger partial charge in [0.05, 0.1) is 34.1 Å². The third-order valence-electron chi connectivity index (χ3n) is 6.57. The van der Waals surface area contributed by atoms with Gasteiger partial charge in [0.25, 0.3) is 5.56 Å². The summed E-state index contributed by atoms with van der Waals surface area (Å²) in [5, 5.41) is 0.275. The van der Waals surface area contributed by atoms with Gasteiger partial charge in [-0.05, 0) is 63.1 Å². The van der Waals surface area contributed by atoms with Crippen LogP contribution in [-0.2, 0) is 25.1 Å². The number of sulfone groups is 1. The highest BCUT2D eigenvalue weighted by Crippen LogP contribution is 2.46. The van der Waals surface area contributed by atoms with Gasteiger partial charge in [-0.15, -0.1) is 0 Å². The van der Waals surface area contributed by atoms with E-state index in [9.17, 15) is 18.0 Å². The zero-order valence-electron chi connectivity index (χ0n) is 19.7. The standard InChI is InChI=1S/C25H28ClNO7S/c1-14(2)34-25(29)19-9-16-13-35(30,31)22-11-21(33-12-15-5-7-32-8-6-15)20(26)10-18(22)23(16)27(24(19)28)17-3-4-17/h9-11,14-15,17H,3-8,12-13H2,1-2H3. The van der Waals surface area contributed by atoms with Gasteiger partial charge in [-0.2, -0.15) is 0 Å². The first-order valence-electron chi connectivity index (χ1n) is 11.9. The lowest BCUT2D eigenvalue weighted by Gasteiger charge is -2.26. The molecule has 0 N–H and O–H groups in total. The van der Waals surface area contributed by atoms with Crippen LogP contribution in [0.25, 0.3) is 11.3 Å². The van der Waals surface area contributed by atoms with E-state index in [4.69, 9.17) is 25.8 Å². The molecule has 8 nitrogen and oxygen atoms in total. The molecular weight excluding hydrogens is 494 g/mol. The maximum Gasteiger partial charge on any atom is 0.344 e. The number of carbonyl (C=O) groups excluding carboxylic acids is 1. The molecular formula is C25H28ClNO7S. The molecule has 0 amide bonds. The quantitative estimate of drug-likeness (QED) is 0.526. The number of rotatable bonds is 6. The van der Waals surface area contributed by atoms with Crippen molar-refractivity contribution in [2.24, 2.45) is 5.92 Å². The van der Waals surface area contributed by atoms with Gasteiger partial charge in [-0.25, -0.2) is 13.2 Å². The molecule has 0 unspecified atom stereocenters. The minimum atomic E-state index is -3.76. The fourth-order valence-corrected chi connectivity index (χ4v) is 6.48. The van der Waals surface area contributed by atoms with Crippen molar-refractivity contribution >= 4 is 27.4 Å². The molecule has 1 saturated heterocycles. The Morgan fingerprint density at radius 1 is 1.17 bits per heavy atom. The third-order valence-corrected chi connectivity index (χ3v) is 8.57. The monoisotopic (exact) mass is 521 g/mol. The first-order valence-corrected chi connectivity index (χ1v) is 14.0. The molecule has 3 aliphatic rings. The number of nitrogens with zero attached hydrogens (tertiary/aromatic N) is 1. The van der Waals surface area contributed by atoms with Gasteiger partial charge >= 0.3 is 5.97 Å². The Labute approximate surface area is 209 Å². The topological polar surface area (TPSA) is 101 Å². The molecule has 0 bridgehead atoms. The van der Waals surface area contributed by atoms with Gasteiger partial charge in [-0.1, -0.05) is 11.6 Å². The normalized spacial score (nSPS) is 19.2. The average molecular weight is 522 g/mol. The summed E-state index contributed by atoms with van der Waals surface area (Å²) in [7, 11) is -3.76. The van der Waals surface area contributed by atoms with E-state index in [1.807, 2.05) is 0 Å². The predicted octanol–water partition coefficient (Wildman–Crippen LogP) is 4.16. The second-order valence-corrected chi connectivity index (χ2v) is 12.1. The lowest BCUT2D eigenvalue weighted by atomic mass is 10.0. The molecule has 188 valence electrons. The molecule has 0 spiro atoms. The summed E-state index contributed by atoms with van der Waals surface area (Å²) in [4.78, 5) is 26.1. The van der Waals surface area contributed by atoms with Crippen LogP contribution in [0.1, 0.15) is 61.5 Å². The summed E-state index contributed by atoms with van der Waals surface area (Å²) >= 11 is 6.56. The van der Waals surface area contributed by atoms with E-state index in [0.29, 0.717) is 48.3 Å². The van der Waals surface area contributed by atoms with Crippen LogP contribution in [0.3, 0.4) is 0 Å². The van der Waals surface area contributed by atoms with Crippen LogP contribution < -0.4 is 10.3 Å². The number of hydrogen-bond donors (Lipinski definition) is 0. The Balaban J connectivity index is 1.60. The van der Waals surface area contributed by atoms with E-state index < -0.39 is 27.5 Å². The van der Waals surface area contributed by atoms with Crippen LogP contribution in [0.2, 0.25) is 5.02 Å². The molecule has 1 aliphatic carbocycles. The summed E-state index contributed by atoms with van der Waals surface area (Å²) in [6.07, 6.45) is 2.90. The number of carbonyl (C=O) groups is 1. The number of esters is 1. The van der Waals surface area contributed by atoms with Crippen LogP contribution in [0.5, 0.6) is 5.75 Å². The molecule has 2 fully saturated rings. The Kier molecular flexibility index (Phi) is 6.44. The second kappa shape index (κ2) is 9.26.